The number of imidazole rings is 1. The smallest absolute Gasteiger partial charge is 0.203 e. The van der Waals surface area contributed by atoms with Gasteiger partial charge >= 0.3 is 0 Å². The highest BCUT2D eigenvalue weighted by atomic mass is 15.2. The molecule has 4 nitrogen and oxygen atoms in total. The van der Waals surface area contributed by atoms with Crippen LogP contribution in [0.1, 0.15) is 45.7 Å². The van der Waals surface area contributed by atoms with Gasteiger partial charge in [0.05, 0.1) is 5.69 Å². The lowest BCUT2D eigenvalue weighted by molar-refractivity contribution is 0.180. The van der Waals surface area contributed by atoms with E-state index < -0.39 is 0 Å². The Balaban J connectivity index is 1.89. The summed E-state index contributed by atoms with van der Waals surface area (Å²) in [5, 5.41) is 3.55. The summed E-state index contributed by atoms with van der Waals surface area (Å²) in [5.41, 5.74) is 1.10. The van der Waals surface area contributed by atoms with Crippen molar-refractivity contribution in [1.29, 1.82) is 0 Å². The van der Waals surface area contributed by atoms with Gasteiger partial charge in [0, 0.05) is 25.3 Å². The molecule has 2 rings (SSSR count). The van der Waals surface area contributed by atoms with Crippen molar-refractivity contribution >= 4 is 5.95 Å². The summed E-state index contributed by atoms with van der Waals surface area (Å²) in [6.45, 7) is 13.4. The molecule has 0 bridgehead atoms. The van der Waals surface area contributed by atoms with Crippen molar-refractivity contribution in [3.8, 4) is 0 Å². The zero-order valence-corrected chi connectivity index (χ0v) is 13.5. The maximum absolute atomic E-state index is 4.61. The normalized spacial score (nSPS) is 18.4. The molecule has 1 saturated heterocycles. The Morgan fingerprint density at radius 3 is 2.55 bits per heavy atom. The number of nitrogens with zero attached hydrogens (tertiary/aromatic N) is 3. The summed E-state index contributed by atoms with van der Waals surface area (Å²) < 4.78 is 2.25. The zero-order chi connectivity index (χ0) is 14.5. The molecule has 0 aliphatic carbocycles. The lowest BCUT2D eigenvalue weighted by Crippen LogP contribution is -2.41. The van der Waals surface area contributed by atoms with Gasteiger partial charge < -0.3 is 9.88 Å². The molecule has 0 saturated carbocycles. The van der Waals surface area contributed by atoms with E-state index in [1.165, 1.54) is 32.4 Å². The maximum Gasteiger partial charge on any atom is 0.203 e. The van der Waals surface area contributed by atoms with Crippen molar-refractivity contribution in [2.45, 2.75) is 59.5 Å². The van der Waals surface area contributed by atoms with Crippen molar-refractivity contribution in [2.24, 2.45) is 5.92 Å². The van der Waals surface area contributed by atoms with E-state index in [2.05, 4.69) is 53.7 Å². The fraction of sp³-hybridized carbons (Fsp3) is 0.812. The highest BCUT2D eigenvalue weighted by Crippen LogP contribution is 2.14. The fourth-order valence-corrected chi connectivity index (χ4v) is 2.95. The second-order valence-corrected chi connectivity index (χ2v) is 6.58. The zero-order valence-electron chi connectivity index (χ0n) is 13.5. The van der Waals surface area contributed by atoms with Crippen LogP contribution < -0.4 is 5.32 Å². The topological polar surface area (TPSA) is 33.1 Å². The molecule has 1 aliphatic rings. The first-order chi connectivity index (χ1) is 9.56. The summed E-state index contributed by atoms with van der Waals surface area (Å²) in [5.74, 6) is 1.67. The van der Waals surface area contributed by atoms with Gasteiger partial charge in [0.1, 0.15) is 0 Å². The Morgan fingerprint density at radius 1 is 1.20 bits per heavy atom. The van der Waals surface area contributed by atoms with Gasteiger partial charge in [-0.15, -0.1) is 0 Å². The van der Waals surface area contributed by atoms with Crippen LogP contribution in [0.15, 0.2) is 6.20 Å². The molecule has 0 amide bonds. The predicted octanol–water partition coefficient (Wildman–Crippen LogP) is 3.13. The Kier molecular flexibility index (Phi) is 5.46. The van der Waals surface area contributed by atoms with Gasteiger partial charge in [-0.25, -0.2) is 4.98 Å². The van der Waals surface area contributed by atoms with Gasteiger partial charge in [0.15, 0.2) is 0 Å². The van der Waals surface area contributed by atoms with E-state index >= 15 is 0 Å². The third-order valence-electron chi connectivity index (χ3n) is 4.03. The predicted molar refractivity (Wildman–Crippen MR) is 85.2 cm³/mol. The van der Waals surface area contributed by atoms with Crippen molar-refractivity contribution < 1.29 is 0 Å². The highest BCUT2D eigenvalue weighted by molar-refractivity contribution is 5.29. The van der Waals surface area contributed by atoms with Gasteiger partial charge in [-0.1, -0.05) is 20.3 Å². The van der Waals surface area contributed by atoms with Crippen LogP contribution >= 0.6 is 0 Å². The fourth-order valence-electron chi connectivity index (χ4n) is 2.95. The van der Waals surface area contributed by atoms with Crippen molar-refractivity contribution in [1.82, 2.24) is 14.5 Å². The second-order valence-electron chi connectivity index (χ2n) is 6.58. The molecule has 20 heavy (non-hydrogen) atoms. The number of nitrogens with one attached hydrogen (secondary N) is 1. The lowest BCUT2D eigenvalue weighted by Gasteiger charge is -2.32. The molecule has 1 atom stereocenters. The average Bonchev–Trinajstić information content (AvgIpc) is 2.76. The number of hydrogen-bond donors (Lipinski definition) is 1. The number of rotatable bonds is 6. The molecule has 0 spiro atoms. The van der Waals surface area contributed by atoms with Crippen LogP contribution in [0.3, 0.4) is 0 Å². The number of hydrogen-bond acceptors (Lipinski definition) is 3. The van der Waals surface area contributed by atoms with Crippen LogP contribution in [-0.2, 0) is 6.54 Å². The van der Waals surface area contributed by atoms with Crippen LogP contribution in [0.5, 0.6) is 0 Å². The Hall–Kier alpha value is -1.03. The maximum atomic E-state index is 4.61. The van der Waals surface area contributed by atoms with E-state index in [1.807, 2.05) is 0 Å². The molecule has 4 heteroatoms. The summed E-state index contributed by atoms with van der Waals surface area (Å²) in [6, 6.07) is 0.583. The Labute approximate surface area is 123 Å². The van der Waals surface area contributed by atoms with Gasteiger partial charge in [-0.3, -0.25) is 4.90 Å². The molecule has 1 fully saturated rings. The summed E-state index contributed by atoms with van der Waals surface area (Å²) in [6.07, 6.45) is 6.25. The largest absolute Gasteiger partial charge is 0.354 e. The van der Waals surface area contributed by atoms with Crippen molar-refractivity contribution in [3.05, 3.63) is 11.9 Å². The van der Waals surface area contributed by atoms with E-state index in [9.17, 15) is 0 Å². The molecule has 114 valence electrons. The van der Waals surface area contributed by atoms with Gasteiger partial charge in [-0.05, 0) is 45.7 Å². The minimum Gasteiger partial charge on any atom is -0.354 e. The monoisotopic (exact) mass is 278 g/mol. The summed E-state index contributed by atoms with van der Waals surface area (Å²) >= 11 is 0. The summed E-state index contributed by atoms with van der Waals surface area (Å²) in [4.78, 5) is 7.21. The molecule has 0 aromatic carbocycles. The molecule has 1 N–H and O–H groups in total. The van der Waals surface area contributed by atoms with E-state index in [-0.39, 0.29) is 0 Å². The first-order valence-electron chi connectivity index (χ1n) is 8.08. The van der Waals surface area contributed by atoms with Crippen LogP contribution in [0, 0.1) is 12.8 Å². The van der Waals surface area contributed by atoms with Gasteiger partial charge in [0.25, 0.3) is 0 Å². The molecule has 2 heterocycles. The molecule has 1 aromatic heterocycles. The number of piperidine rings is 1. The molecule has 1 unspecified atom stereocenters. The SMILES string of the molecule is Cc1cn(CC(C)C)c(NCC(C)N2CCCCC2)n1. The molecular weight excluding hydrogens is 248 g/mol. The first kappa shape index (κ1) is 15.4. The van der Waals surface area contributed by atoms with E-state index in [0.29, 0.717) is 12.0 Å². The average molecular weight is 278 g/mol. The molecular formula is C16H30N4. The molecule has 1 aromatic rings. The standard InChI is InChI=1S/C16H30N4/c1-13(2)11-20-12-14(3)18-16(20)17-10-15(4)19-8-6-5-7-9-19/h12-13,15H,5-11H2,1-4H3,(H,17,18). The summed E-state index contributed by atoms with van der Waals surface area (Å²) in [7, 11) is 0. The number of aromatic nitrogens is 2. The van der Waals surface area contributed by atoms with Crippen LogP contribution in [0.4, 0.5) is 5.95 Å². The third kappa shape index (κ3) is 4.23. The molecule has 0 radical (unpaired) electrons. The van der Waals surface area contributed by atoms with Crippen molar-refractivity contribution in [3.63, 3.8) is 0 Å². The minimum absolute atomic E-state index is 0.583. The van der Waals surface area contributed by atoms with Crippen LogP contribution in [0.25, 0.3) is 0 Å². The Bertz CT molecular complexity index is 405. The Morgan fingerprint density at radius 2 is 1.90 bits per heavy atom. The van der Waals surface area contributed by atoms with E-state index in [1.54, 1.807) is 0 Å². The lowest BCUT2D eigenvalue weighted by atomic mass is 10.1. The number of likely N-dealkylation sites (tertiary alicyclic amines) is 1. The van der Waals surface area contributed by atoms with Crippen LogP contribution in [0.2, 0.25) is 0 Å². The number of aryl methyl sites for hydroxylation is 1. The third-order valence-corrected chi connectivity index (χ3v) is 4.03. The quantitative estimate of drug-likeness (QED) is 0.868. The van der Waals surface area contributed by atoms with Gasteiger partial charge in [0.2, 0.25) is 5.95 Å². The van der Waals surface area contributed by atoms with E-state index in [0.717, 1.165) is 24.7 Å². The van der Waals surface area contributed by atoms with Gasteiger partial charge in [-0.2, -0.15) is 0 Å². The van der Waals surface area contributed by atoms with Crippen LogP contribution in [-0.4, -0.2) is 40.1 Å². The highest BCUT2D eigenvalue weighted by Gasteiger charge is 2.17. The van der Waals surface area contributed by atoms with Crippen molar-refractivity contribution in [2.75, 3.05) is 25.0 Å². The number of anilines is 1. The second kappa shape index (κ2) is 7.11. The minimum atomic E-state index is 0.583. The molecule has 1 aliphatic heterocycles. The first-order valence-corrected chi connectivity index (χ1v) is 8.08. The van der Waals surface area contributed by atoms with E-state index in [4.69, 9.17) is 0 Å².